The first kappa shape index (κ1) is 22.6. The standard InChI is InChI=1S/C22H27NO5S/c1-4-5-6-13-27-18-9-7-17(8-10-18)22(26)28-15(2)21(25)20-12-11-19(29-20)14-23-16(3)24/h7-12,15H,4-6,13-14H2,1-3H3,(H,23,24). The fourth-order valence-electron chi connectivity index (χ4n) is 2.53. The Kier molecular flexibility index (Phi) is 8.86. The second-order valence-corrected chi connectivity index (χ2v) is 7.84. The quantitative estimate of drug-likeness (QED) is 0.333. The Labute approximate surface area is 175 Å². The van der Waals surface area contributed by atoms with Crippen LogP contribution in [0.4, 0.5) is 0 Å². The van der Waals surface area contributed by atoms with Gasteiger partial charge in [0.1, 0.15) is 5.75 Å². The van der Waals surface area contributed by atoms with Crippen molar-refractivity contribution in [2.24, 2.45) is 0 Å². The number of nitrogens with one attached hydrogen (secondary N) is 1. The molecule has 1 aromatic heterocycles. The normalized spacial score (nSPS) is 11.6. The molecule has 0 saturated heterocycles. The van der Waals surface area contributed by atoms with E-state index in [4.69, 9.17) is 9.47 Å². The van der Waals surface area contributed by atoms with E-state index in [1.807, 2.05) is 0 Å². The van der Waals surface area contributed by atoms with Crippen LogP contribution in [0.15, 0.2) is 36.4 Å². The number of esters is 1. The van der Waals surface area contributed by atoms with Crippen molar-refractivity contribution >= 4 is 29.0 Å². The molecule has 0 spiro atoms. The molecule has 1 amide bonds. The summed E-state index contributed by atoms with van der Waals surface area (Å²) < 4.78 is 10.9. The highest BCUT2D eigenvalue weighted by molar-refractivity contribution is 7.14. The number of rotatable bonds is 11. The fourth-order valence-corrected chi connectivity index (χ4v) is 3.49. The van der Waals surface area contributed by atoms with Crippen molar-refractivity contribution in [2.45, 2.75) is 52.7 Å². The van der Waals surface area contributed by atoms with E-state index in [1.54, 1.807) is 43.3 Å². The largest absolute Gasteiger partial charge is 0.494 e. The Morgan fingerprint density at radius 1 is 1.07 bits per heavy atom. The summed E-state index contributed by atoms with van der Waals surface area (Å²) in [5.41, 5.74) is 0.364. The molecule has 1 aromatic carbocycles. The number of carbonyl (C=O) groups is 3. The summed E-state index contributed by atoms with van der Waals surface area (Å²) in [6, 6.07) is 10.2. The van der Waals surface area contributed by atoms with Crippen LogP contribution in [0.1, 0.15) is 64.9 Å². The summed E-state index contributed by atoms with van der Waals surface area (Å²) in [5.74, 6) is -0.260. The highest BCUT2D eigenvalue weighted by Crippen LogP contribution is 2.20. The van der Waals surface area contributed by atoms with Gasteiger partial charge < -0.3 is 14.8 Å². The van der Waals surface area contributed by atoms with Crippen molar-refractivity contribution in [1.82, 2.24) is 5.32 Å². The third kappa shape index (κ3) is 7.34. The number of Topliss-reactive ketones (excluding diaryl/α,β-unsaturated/α-hetero) is 1. The van der Waals surface area contributed by atoms with Crippen LogP contribution in [0.25, 0.3) is 0 Å². The molecule has 1 atom stereocenters. The molecule has 0 aliphatic carbocycles. The highest BCUT2D eigenvalue weighted by atomic mass is 32.1. The number of ether oxygens (including phenoxy) is 2. The van der Waals surface area contributed by atoms with Gasteiger partial charge in [-0.1, -0.05) is 19.8 Å². The number of hydrogen-bond acceptors (Lipinski definition) is 6. The zero-order chi connectivity index (χ0) is 21.2. The lowest BCUT2D eigenvalue weighted by Gasteiger charge is -2.12. The molecule has 29 heavy (non-hydrogen) atoms. The second kappa shape index (κ2) is 11.4. The van der Waals surface area contributed by atoms with Crippen LogP contribution in [0.5, 0.6) is 5.75 Å². The minimum absolute atomic E-state index is 0.133. The number of amides is 1. The first-order valence-electron chi connectivity index (χ1n) is 9.72. The molecule has 0 radical (unpaired) electrons. The van der Waals surface area contributed by atoms with E-state index in [0.29, 0.717) is 29.3 Å². The Balaban J connectivity index is 1.87. The summed E-state index contributed by atoms with van der Waals surface area (Å²) in [7, 11) is 0. The van der Waals surface area contributed by atoms with Crippen molar-refractivity contribution in [3.05, 3.63) is 51.7 Å². The lowest BCUT2D eigenvalue weighted by atomic mass is 10.2. The van der Waals surface area contributed by atoms with Crippen LogP contribution in [0.3, 0.4) is 0 Å². The average Bonchev–Trinajstić information content (AvgIpc) is 3.18. The minimum atomic E-state index is -0.903. The van der Waals surface area contributed by atoms with Gasteiger partial charge in [0.2, 0.25) is 11.7 Å². The number of thiophene rings is 1. The lowest BCUT2D eigenvalue weighted by Crippen LogP contribution is -2.23. The van der Waals surface area contributed by atoms with Crippen LogP contribution < -0.4 is 10.1 Å². The summed E-state index contributed by atoms with van der Waals surface area (Å²) in [4.78, 5) is 37.2. The number of ketones is 1. The summed E-state index contributed by atoms with van der Waals surface area (Å²) in [5, 5.41) is 2.68. The molecular weight excluding hydrogens is 390 g/mol. The molecule has 0 saturated carbocycles. The lowest BCUT2D eigenvalue weighted by molar-refractivity contribution is -0.119. The third-order valence-corrected chi connectivity index (χ3v) is 5.28. The molecule has 1 N–H and O–H groups in total. The predicted octanol–water partition coefficient (Wildman–Crippen LogP) is 4.38. The zero-order valence-corrected chi connectivity index (χ0v) is 17.8. The van der Waals surface area contributed by atoms with Gasteiger partial charge >= 0.3 is 5.97 Å². The number of benzene rings is 1. The van der Waals surface area contributed by atoms with E-state index < -0.39 is 12.1 Å². The number of carbonyl (C=O) groups excluding carboxylic acids is 3. The second-order valence-electron chi connectivity index (χ2n) is 6.67. The maximum absolute atomic E-state index is 12.5. The van der Waals surface area contributed by atoms with Gasteiger partial charge in [0.05, 0.1) is 23.6 Å². The van der Waals surface area contributed by atoms with Gasteiger partial charge in [0.25, 0.3) is 0 Å². The molecule has 6 nitrogen and oxygen atoms in total. The molecule has 0 fully saturated rings. The molecule has 1 unspecified atom stereocenters. The van der Waals surface area contributed by atoms with Crippen LogP contribution >= 0.6 is 11.3 Å². The van der Waals surface area contributed by atoms with E-state index in [-0.39, 0.29) is 11.7 Å². The monoisotopic (exact) mass is 417 g/mol. The topological polar surface area (TPSA) is 81.7 Å². The van der Waals surface area contributed by atoms with Gasteiger partial charge in [-0.25, -0.2) is 4.79 Å². The third-order valence-electron chi connectivity index (χ3n) is 4.18. The molecule has 0 aliphatic heterocycles. The van der Waals surface area contributed by atoms with E-state index in [9.17, 15) is 14.4 Å². The van der Waals surface area contributed by atoms with Crippen LogP contribution in [0, 0.1) is 0 Å². The Morgan fingerprint density at radius 2 is 1.79 bits per heavy atom. The van der Waals surface area contributed by atoms with Crippen LogP contribution in [0.2, 0.25) is 0 Å². The van der Waals surface area contributed by atoms with E-state index in [1.165, 1.54) is 18.3 Å². The minimum Gasteiger partial charge on any atom is -0.494 e. The van der Waals surface area contributed by atoms with Crippen molar-refractivity contribution in [2.75, 3.05) is 6.61 Å². The van der Waals surface area contributed by atoms with Gasteiger partial charge in [-0.15, -0.1) is 11.3 Å². The summed E-state index contributed by atoms with van der Waals surface area (Å²) in [6.45, 7) is 6.14. The van der Waals surface area contributed by atoms with Gasteiger partial charge in [-0.3, -0.25) is 9.59 Å². The smallest absolute Gasteiger partial charge is 0.338 e. The van der Waals surface area contributed by atoms with E-state index in [2.05, 4.69) is 12.2 Å². The SMILES string of the molecule is CCCCCOc1ccc(C(=O)OC(C)C(=O)c2ccc(CNC(C)=O)s2)cc1. The van der Waals surface area contributed by atoms with Crippen molar-refractivity contribution < 1.29 is 23.9 Å². The summed E-state index contributed by atoms with van der Waals surface area (Å²) in [6.07, 6.45) is 2.34. The fraction of sp³-hybridized carbons (Fsp3) is 0.409. The van der Waals surface area contributed by atoms with Crippen LogP contribution in [-0.2, 0) is 16.1 Å². The van der Waals surface area contributed by atoms with Crippen LogP contribution in [-0.4, -0.2) is 30.4 Å². The Hall–Kier alpha value is -2.67. The van der Waals surface area contributed by atoms with Crippen molar-refractivity contribution in [1.29, 1.82) is 0 Å². The van der Waals surface area contributed by atoms with Gasteiger partial charge in [-0.05, 0) is 49.7 Å². The molecule has 0 aliphatic rings. The molecule has 1 heterocycles. The molecule has 2 rings (SSSR count). The molecule has 7 heteroatoms. The predicted molar refractivity (Wildman–Crippen MR) is 113 cm³/mol. The molecule has 156 valence electrons. The van der Waals surface area contributed by atoms with Crippen molar-refractivity contribution in [3.8, 4) is 5.75 Å². The molecular formula is C22H27NO5S. The number of unbranched alkanes of at least 4 members (excludes halogenated alkanes) is 2. The molecule has 0 bridgehead atoms. The van der Waals surface area contributed by atoms with Gasteiger partial charge in [-0.2, -0.15) is 0 Å². The maximum atomic E-state index is 12.5. The highest BCUT2D eigenvalue weighted by Gasteiger charge is 2.22. The van der Waals surface area contributed by atoms with E-state index >= 15 is 0 Å². The first-order valence-corrected chi connectivity index (χ1v) is 10.5. The van der Waals surface area contributed by atoms with E-state index in [0.717, 1.165) is 24.1 Å². The van der Waals surface area contributed by atoms with Crippen molar-refractivity contribution in [3.63, 3.8) is 0 Å². The van der Waals surface area contributed by atoms with Gasteiger partial charge in [0, 0.05) is 11.8 Å². The maximum Gasteiger partial charge on any atom is 0.338 e. The average molecular weight is 418 g/mol. The Bertz CT molecular complexity index is 828. The Morgan fingerprint density at radius 3 is 2.45 bits per heavy atom. The summed E-state index contributed by atoms with van der Waals surface area (Å²) >= 11 is 1.28. The first-order chi connectivity index (χ1) is 13.9. The van der Waals surface area contributed by atoms with Gasteiger partial charge in [0.15, 0.2) is 6.10 Å². The zero-order valence-electron chi connectivity index (χ0n) is 17.0. The number of hydrogen-bond donors (Lipinski definition) is 1. The molecule has 2 aromatic rings.